The molecule has 0 saturated heterocycles. The first-order valence-corrected chi connectivity index (χ1v) is 6.56. The summed E-state index contributed by atoms with van der Waals surface area (Å²) in [6.07, 6.45) is 0. The normalized spacial score (nSPS) is 10.7. The lowest BCUT2D eigenvalue weighted by molar-refractivity contribution is -0.145. The summed E-state index contributed by atoms with van der Waals surface area (Å²) in [5.41, 5.74) is 0.745. The summed E-state index contributed by atoms with van der Waals surface area (Å²) < 4.78 is 18.8. The lowest BCUT2D eigenvalue weighted by Gasteiger charge is -2.25. The van der Waals surface area contributed by atoms with Crippen LogP contribution in [0.2, 0.25) is 0 Å². The summed E-state index contributed by atoms with van der Waals surface area (Å²) in [5, 5.41) is 8.71. The molecule has 1 aromatic rings. The number of carbonyl (C=O) groups excluding carboxylic acids is 1. The molecule has 0 atom stereocenters. The maximum Gasteiger partial charge on any atom is 0.320 e. The predicted octanol–water partition coefficient (Wildman–Crippen LogP) is 2.47. The van der Waals surface area contributed by atoms with E-state index >= 15 is 0 Å². The smallest absolute Gasteiger partial charge is 0.320 e. The second kappa shape index (κ2) is 7.61. The topological polar surface area (TPSA) is 53.3 Å². The highest BCUT2D eigenvalue weighted by molar-refractivity contribution is 5.71. The number of carbonyl (C=O) groups is 1. The van der Waals surface area contributed by atoms with Gasteiger partial charge in [0.1, 0.15) is 5.82 Å². The summed E-state index contributed by atoms with van der Waals surface area (Å²) in [6, 6.07) is 6.33. The Morgan fingerprint density at radius 2 is 2.20 bits per heavy atom. The highest BCUT2D eigenvalue weighted by Gasteiger charge is 2.17. The largest absolute Gasteiger partial charge is 0.465 e. The lowest BCUT2D eigenvalue weighted by atomic mass is 10.1. The van der Waals surface area contributed by atoms with E-state index in [9.17, 15) is 9.18 Å². The van der Waals surface area contributed by atoms with Crippen LogP contribution in [0, 0.1) is 17.1 Å². The average molecular weight is 278 g/mol. The van der Waals surface area contributed by atoms with Crippen LogP contribution < -0.4 is 0 Å². The maximum atomic E-state index is 13.9. The first-order chi connectivity index (χ1) is 9.47. The molecule has 0 radical (unpaired) electrons. The molecule has 4 nitrogen and oxygen atoms in total. The van der Waals surface area contributed by atoms with E-state index < -0.39 is 5.82 Å². The summed E-state index contributed by atoms with van der Waals surface area (Å²) in [5.74, 6) is -0.756. The number of halogens is 1. The first kappa shape index (κ1) is 16.1. The summed E-state index contributed by atoms with van der Waals surface area (Å²) in [7, 11) is 0. The van der Waals surface area contributed by atoms with Crippen molar-refractivity contribution < 1.29 is 13.9 Å². The van der Waals surface area contributed by atoms with Crippen LogP contribution in [0.15, 0.2) is 18.2 Å². The van der Waals surface area contributed by atoms with Crippen molar-refractivity contribution in [2.75, 3.05) is 13.2 Å². The Balaban J connectivity index is 2.81. The number of nitriles is 1. The SMILES string of the molecule is CCOC(=O)CN(Cc1ccc(C#N)cc1F)C(C)C. The van der Waals surface area contributed by atoms with E-state index in [1.807, 2.05) is 24.8 Å². The maximum absolute atomic E-state index is 13.9. The number of rotatable bonds is 6. The molecule has 20 heavy (non-hydrogen) atoms. The van der Waals surface area contributed by atoms with Crippen LogP contribution in [0.25, 0.3) is 0 Å². The molecule has 0 aliphatic rings. The molecule has 0 amide bonds. The zero-order valence-corrected chi connectivity index (χ0v) is 12.0. The molecule has 0 aliphatic heterocycles. The molecule has 108 valence electrons. The van der Waals surface area contributed by atoms with Crippen molar-refractivity contribution in [1.82, 2.24) is 4.90 Å². The average Bonchev–Trinajstić information content (AvgIpc) is 2.40. The fourth-order valence-corrected chi connectivity index (χ4v) is 1.76. The highest BCUT2D eigenvalue weighted by Crippen LogP contribution is 2.14. The third-order valence-corrected chi connectivity index (χ3v) is 2.92. The molecule has 0 spiro atoms. The molecule has 5 heteroatoms. The molecular weight excluding hydrogens is 259 g/mol. The van der Waals surface area contributed by atoms with Crippen LogP contribution in [0.3, 0.4) is 0 Å². The fraction of sp³-hybridized carbons (Fsp3) is 0.467. The monoisotopic (exact) mass is 278 g/mol. The van der Waals surface area contributed by atoms with E-state index in [4.69, 9.17) is 10.00 Å². The molecule has 0 unspecified atom stereocenters. The number of benzene rings is 1. The van der Waals surface area contributed by atoms with Crippen molar-refractivity contribution in [1.29, 1.82) is 5.26 Å². The molecule has 0 fully saturated rings. The van der Waals surface area contributed by atoms with Gasteiger partial charge in [-0.05, 0) is 32.9 Å². The predicted molar refractivity (Wildman–Crippen MR) is 73.3 cm³/mol. The summed E-state index contributed by atoms with van der Waals surface area (Å²) in [4.78, 5) is 13.4. The summed E-state index contributed by atoms with van der Waals surface area (Å²) >= 11 is 0. The van der Waals surface area contributed by atoms with Crippen molar-refractivity contribution in [3.63, 3.8) is 0 Å². The zero-order valence-electron chi connectivity index (χ0n) is 12.0. The molecular formula is C15H19FN2O2. The minimum Gasteiger partial charge on any atom is -0.465 e. The Bertz CT molecular complexity index is 509. The zero-order chi connectivity index (χ0) is 15.1. The van der Waals surface area contributed by atoms with Crippen molar-refractivity contribution in [3.05, 3.63) is 35.1 Å². The van der Waals surface area contributed by atoms with Crippen molar-refractivity contribution in [2.45, 2.75) is 33.4 Å². The van der Waals surface area contributed by atoms with Crippen LogP contribution in [0.4, 0.5) is 4.39 Å². The molecule has 0 heterocycles. The van der Waals surface area contributed by atoms with Crippen LogP contribution in [0.1, 0.15) is 31.9 Å². The van der Waals surface area contributed by atoms with Gasteiger partial charge in [0.25, 0.3) is 0 Å². The number of nitrogens with zero attached hydrogens (tertiary/aromatic N) is 2. The molecule has 0 aromatic heterocycles. The van der Waals surface area contributed by atoms with Gasteiger partial charge in [-0.2, -0.15) is 5.26 Å². The minimum absolute atomic E-state index is 0.0782. The van der Waals surface area contributed by atoms with Gasteiger partial charge in [-0.3, -0.25) is 9.69 Å². The van der Waals surface area contributed by atoms with Crippen molar-refractivity contribution in [2.24, 2.45) is 0 Å². The summed E-state index contributed by atoms with van der Waals surface area (Å²) in [6.45, 7) is 6.36. The Labute approximate surface area is 118 Å². The van der Waals surface area contributed by atoms with Gasteiger partial charge in [-0.15, -0.1) is 0 Å². The molecule has 1 rings (SSSR count). The lowest BCUT2D eigenvalue weighted by Crippen LogP contribution is -2.36. The molecule has 0 saturated carbocycles. The Hall–Kier alpha value is -1.93. The Kier molecular flexibility index (Phi) is 6.13. The standard InChI is InChI=1S/C15H19FN2O2/c1-4-20-15(19)10-18(11(2)3)9-13-6-5-12(8-17)7-14(13)16/h5-7,11H,4,9-10H2,1-3H3. The van der Waals surface area contributed by atoms with Crippen LogP contribution in [-0.4, -0.2) is 30.1 Å². The highest BCUT2D eigenvalue weighted by atomic mass is 19.1. The second-order valence-electron chi connectivity index (χ2n) is 4.72. The van der Waals surface area contributed by atoms with E-state index in [1.54, 1.807) is 19.1 Å². The van der Waals surface area contributed by atoms with Gasteiger partial charge in [-0.25, -0.2) is 4.39 Å². The quantitative estimate of drug-likeness (QED) is 0.750. The number of hydrogen-bond acceptors (Lipinski definition) is 4. The van der Waals surface area contributed by atoms with E-state index in [0.717, 1.165) is 0 Å². The van der Waals surface area contributed by atoms with E-state index in [-0.39, 0.29) is 24.1 Å². The van der Waals surface area contributed by atoms with Gasteiger partial charge in [0.15, 0.2) is 0 Å². The number of hydrogen-bond donors (Lipinski definition) is 0. The van der Waals surface area contributed by atoms with Crippen molar-refractivity contribution >= 4 is 5.97 Å². The van der Waals surface area contributed by atoms with Gasteiger partial charge in [0, 0.05) is 18.2 Å². The second-order valence-corrected chi connectivity index (χ2v) is 4.72. The van der Waals surface area contributed by atoms with Crippen LogP contribution >= 0.6 is 0 Å². The third-order valence-electron chi connectivity index (χ3n) is 2.92. The fourth-order valence-electron chi connectivity index (χ4n) is 1.76. The van der Waals surface area contributed by atoms with Crippen LogP contribution in [-0.2, 0) is 16.1 Å². The molecule has 1 aromatic carbocycles. The van der Waals surface area contributed by atoms with Gasteiger partial charge in [0.05, 0.1) is 24.8 Å². The van der Waals surface area contributed by atoms with Gasteiger partial charge >= 0.3 is 5.97 Å². The minimum atomic E-state index is -0.432. The van der Waals surface area contributed by atoms with Gasteiger partial charge < -0.3 is 4.74 Å². The Morgan fingerprint density at radius 3 is 2.70 bits per heavy atom. The number of esters is 1. The van der Waals surface area contributed by atoms with Gasteiger partial charge in [0.2, 0.25) is 0 Å². The Morgan fingerprint density at radius 1 is 1.50 bits per heavy atom. The van der Waals surface area contributed by atoms with Gasteiger partial charge in [-0.1, -0.05) is 6.07 Å². The van der Waals surface area contributed by atoms with Crippen LogP contribution in [0.5, 0.6) is 0 Å². The first-order valence-electron chi connectivity index (χ1n) is 6.56. The van der Waals surface area contributed by atoms with E-state index in [2.05, 4.69) is 0 Å². The number of ether oxygens (including phenoxy) is 1. The molecule has 0 N–H and O–H groups in total. The van der Waals surface area contributed by atoms with E-state index in [1.165, 1.54) is 6.07 Å². The molecule has 0 aliphatic carbocycles. The van der Waals surface area contributed by atoms with E-state index in [0.29, 0.717) is 18.7 Å². The van der Waals surface area contributed by atoms with Crippen molar-refractivity contribution in [3.8, 4) is 6.07 Å². The third kappa shape index (κ3) is 4.63. The molecule has 0 bridgehead atoms.